The van der Waals surface area contributed by atoms with E-state index in [0.29, 0.717) is 12.1 Å². The number of nitrogens with one attached hydrogen (secondary N) is 1. The molecule has 1 aliphatic carbocycles. The van der Waals surface area contributed by atoms with Gasteiger partial charge in [0.05, 0.1) is 11.9 Å². The van der Waals surface area contributed by atoms with Crippen molar-refractivity contribution < 1.29 is 18.0 Å². The molecule has 0 bridgehead atoms. The highest BCUT2D eigenvalue weighted by atomic mass is 32.2. The lowest BCUT2D eigenvalue weighted by molar-refractivity contribution is -0.140. The molecule has 0 heterocycles. The first kappa shape index (κ1) is 31.3. The first-order valence-electron chi connectivity index (χ1n) is 14.8. The van der Waals surface area contributed by atoms with Gasteiger partial charge in [-0.2, -0.15) is 0 Å². The number of aryl methyl sites for hydroxylation is 3. The number of hydrogen-bond acceptors (Lipinski definition) is 4. The molecule has 3 aromatic carbocycles. The number of carbonyl (C=O) groups is 2. The number of carbonyl (C=O) groups excluding carboxylic acids is 2. The van der Waals surface area contributed by atoms with Gasteiger partial charge in [-0.15, -0.1) is 0 Å². The molecule has 1 atom stereocenters. The summed E-state index contributed by atoms with van der Waals surface area (Å²) >= 11 is 0. The van der Waals surface area contributed by atoms with Crippen LogP contribution in [0.25, 0.3) is 0 Å². The van der Waals surface area contributed by atoms with Crippen LogP contribution in [0, 0.1) is 20.8 Å². The molecule has 0 aromatic heterocycles. The normalized spacial score (nSPS) is 14.7. The second-order valence-electron chi connectivity index (χ2n) is 11.6. The van der Waals surface area contributed by atoms with Crippen LogP contribution in [-0.4, -0.2) is 50.0 Å². The van der Waals surface area contributed by atoms with Gasteiger partial charge < -0.3 is 10.2 Å². The third-order valence-electron chi connectivity index (χ3n) is 8.12. The van der Waals surface area contributed by atoms with Gasteiger partial charge in [-0.3, -0.25) is 13.9 Å². The molecule has 224 valence electrons. The Hall–Kier alpha value is -3.65. The summed E-state index contributed by atoms with van der Waals surface area (Å²) in [5.74, 6) is -0.631. The first-order valence-corrected chi connectivity index (χ1v) is 16.6. The second-order valence-corrected chi connectivity index (χ2v) is 13.5. The maximum Gasteiger partial charge on any atom is 0.244 e. The van der Waals surface area contributed by atoms with Crippen molar-refractivity contribution in [1.29, 1.82) is 0 Å². The van der Waals surface area contributed by atoms with E-state index in [-0.39, 0.29) is 18.5 Å². The number of sulfonamides is 1. The molecule has 1 saturated carbocycles. The molecule has 8 heteroatoms. The van der Waals surface area contributed by atoms with Crippen LogP contribution >= 0.6 is 0 Å². The van der Waals surface area contributed by atoms with Gasteiger partial charge in [0.2, 0.25) is 21.8 Å². The van der Waals surface area contributed by atoms with Crippen molar-refractivity contribution in [3.05, 3.63) is 101 Å². The zero-order chi connectivity index (χ0) is 30.3. The molecule has 1 unspecified atom stereocenters. The molecule has 0 radical (unpaired) electrons. The molecular weight excluding hydrogens is 546 g/mol. The largest absolute Gasteiger partial charge is 0.352 e. The van der Waals surface area contributed by atoms with Crippen molar-refractivity contribution in [1.82, 2.24) is 10.2 Å². The molecule has 0 saturated heterocycles. The summed E-state index contributed by atoms with van der Waals surface area (Å²) in [6, 6.07) is 22.2. The average molecular weight is 590 g/mol. The van der Waals surface area contributed by atoms with Gasteiger partial charge in [0.1, 0.15) is 12.6 Å². The van der Waals surface area contributed by atoms with Gasteiger partial charge >= 0.3 is 0 Å². The van der Waals surface area contributed by atoms with Crippen molar-refractivity contribution in [2.75, 3.05) is 17.1 Å². The molecule has 0 spiro atoms. The van der Waals surface area contributed by atoms with E-state index in [9.17, 15) is 18.0 Å². The SMILES string of the molecule is Cc1ccc(N(CC(=O)N(Cc2ccccc2C)C(Cc2ccccc2)C(=O)NC2CCCCC2)S(C)(=O)=O)c(C)c1. The van der Waals surface area contributed by atoms with Gasteiger partial charge in [-0.25, -0.2) is 8.42 Å². The second kappa shape index (κ2) is 14.0. The summed E-state index contributed by atoms with van der Waals surface area (Å²) < 4.78 is 27.3. The van der Waals surface area contributed by atoms with Crippen molar-refractivity contribution in [3.63, 3.8) is 0 Å². The number of amides is 2. The molecule has 1 aliphatic rings. The lowest BCUT2D eigenvalue weighted by Crippen LogP contribution is -2.55. The van der Waals surface area contributed by atoms with Crippen molar-refractivity contribution in [2.24, 2.45) is 0 Å². The third kappa shape index (κ3) is 8.22. The van der Waals surface area contributed by atoms with Crippen LogP contribution in [0.3, 0.4) is 0 Å². The van der Waals surface area contributed by atoms with Gasteiger partial charge in [-0.1, -0.05) is 91.6 Å². The molecular formula is C34H43N3O4S. The number of hydrogen-bond donors (Lipinski definition) is 1. The highest BCUT2D eigenvalue weighted by molar-refractivity contribution is 7.92. The van der Waals surface area contributed by atoms with Crippen molar-refractivity contribution in [2.45, 2.75) is 77.9 Å². The summed E-state index contributed by atoms with van der Waals surface area (Å²) in [6.45, 7) is 5.54. The predicted octanol–water partition coefficient (Wildman–Crippen LogP) is 5.47. The van der Waals surface area contributed by atoms with E-state index in [2.05, 4.69) is 5.32 Å². The lowest BCUT2D eigenvalue weighted by Gasteiger charge is -2.35. The minimum atomic E-state index is -3.81. The number of rotatable bonds is 11. The summed E-state index contributed by atoms with van der Waals surface area (Å²) in [5.41, 5.74) is 5.05. The van der Waals surface area contributed by atoms with Gasteiger partial charge in [0, 0.05) is 19.0 Å². The quantitative estimate of drug-likeness (QED) is 0.322. The van der Waals surface area contributed by atoms with E-state index in [1.165, 1.54) is 0 Å². The van der Waals surface area contributed by atoms with Crippen LogP contribution in [0.2, 0.25) is 0 Å². The van der Waals surface area contributed by atoms with E-state index in [4.69, 9.17) is 0 Å². The molecule has 1 fully saturated rings. The lowest BCUT2D eigenvalue weighted by atomic mass is 9.94. The zero-order valence-electron chi connectivity index (χ0n) is 25.2. The Bertz CT molecular complexity index is 1480. The average Bonchev–Trinajstić information content (AvgIpc) is 2.95. The monoisotopic (exact) mass is 589 g/mol. The maximum atomic E-state index is 14.3. The molecule has 3 aromatic rings. The Labute approximate surface area is 251 Å². The van der Waals surface area contributed by atoms with E-state index in [1.54, 1.807) is 11.0 Å². The predicted molar refractivity (Wildman–Crippen MR) is 169 cm³/mol. The minimum Gasteiger partial charge on any atom is -0.352 e. The first-order chi connectivity index (χ1) is 20.0. The maximum absolute atomic E-state index is 14.3. The van der Waals surface area contributed by atoms with Crippen LogP contribution in [0.15, 0.2) is 72.8 Å². The molecule has 4 rings (SSSR count). The third-order valence-corrected chi connectivity index (χ3v) is 9.25. The van der Waals surface area contributed by atoms with Crippen molar-refractivity contribution in [3.8, 4) is 0 Å². The van der Waals surface area contributed by atoms with E-state index in [0.717, 1.165) is 70.5 Å². The van der Waals surface area contributed by atoms with Crippen LogP contribution in [0.4, 0.5) is 5.69 Å². The summed E-state index contributed by atoms with van der Waals surface area (Å²) in [7, 11) is -3.81. The Morgan fingerprint density at radius 3 is 2.19 bits per heavy atom. The molecule has 2 amide bonds. The fourth-order valence-corrected chi connectivity index (χ4v) is 6.66. The molecule has 42 heavy (non-hydrogen) atoms. The fraction of sp³-hybridized carbons (Fsp3) is 0.412. The Balaban J connectivity index is 1.74. The Morgan fingerprint density at radius 1 is 0.881 bits per heavy atom. The zero-order valence-corrected chi connectivity index (χ0v) is 26.0. The summed E-state index contributed by atoms with van der Waals surface area (Å²) in [4.78, 5) is 30.0. The van der Waals surface area contributed by atoms with Gasteiger partial charge in [0.15, 0.2) is 0 Å². The molecule has 1 N–H and O–H groups in total. The molecule has 0 aliphatic heterocycles. The van der Waals surface area contributed by atoms with Gasteiger partial charge in [-0.05, 0) is 61.9 Å². The van der Waals surface area contributed by atoms with E-state index < -0.39 is 28.5 Å². The summed E-state index contributed by atoms with van der Waals surface area (Å²) in [5, 5.41) is 3.24. The Kier molecular flexibility index (Phi) is 10.4. The Morgan fingerprint density at radius 2 is 1.55 bits per heavy atom. The smallest absolute Gasteiger partial charge is 0.244 e. The van der Waals surface area contributed by atoms with E-state index >= 15 is 0 Å². The van der Waals surface area contributed by atoms with Crippen LogP contribution in [0.5, 0.6) is 0 Å². The standard InChI is InChI=1S/C34H43N3O4S/c1-25-19-20-31(27(3)21-25)37(42(4,40)41)24-33(38)36(23-29-16-12-11-13-26(29)2)32(22-28-14-7-5-8-15-28)34(39)35-30-17-9-6-10-18-30/h5,7-8,11-16,19-21,30,32H,6,9-10,17-18,22-24H2,1-4H3,(H,35,39). The highest BCUT2D eigenvalue weighted by Gasteiger charge is 2.34. The number of nitrogens with zero attached hydrogens (tertiary/aromatic N) is 2. The van der Waals surface area contributed by atoms with E-state index in [1.807, 2.05) is 87.5 Å². The van der Waals surface area contributed by atoms with Crippen LogP contribution < -0.4 is 9.62 Å². The fourth-order valence-electron chi connectivity index (χ4n) is 5.75. The van der Waals surface area contributed by atoms with Crippen LogP contribution in [0.1, 0.15) is 59.9 Å². The van der Waals surface area contributed by atoms with Gasteiger partial charge in [0.25, 0.3) is 0 Å². The molecule has 7 nitrogen and oxygen atoms in total. The number of anilines is 1. The van der Waals surface area contributed by atoms with Crippen LogP contribution in [-0.2, 0) is 32.6 Å². The summed E-state index contributed by atoms with van der Waals surface area (Å²) in [6.07, 6.45) is 6.58. The number of benzene rings is 3. The van der Waals surface area contributed by atoms with Crippen molar-refractivity contribution >= 4 is 27.5 Å². The minimum absolute atomic E-state index is 0.0719. The highest BCUT2D eigenvalue weighted by Crippen LogP contribution is 2.25. The topological polar surface area (TPSA) is 86.8 Å².